The van der Waals surface area contributed by atoms with Crippen molar-refractivity contribution in [2.75, 3.05) is 13.1 Å². The molecule has 0 saturated carbocycles. The van der Waals surface area contributed by atoms with E-state index in [0.717, 1.165) is 19.0 Å². The molecule has 3 heteroatoms. The van der Waals surface area contributed by atoms with Gasteiger partial charge in [0.15, 0.2) is 5.96 Å². The van der Waals surface area contributed by atoms with Crippen LogP contribution in [-0.4, -0.2) is 23.9 Å². The Kier molecular flexibility index (Phi) is 2.37. The van der Waals surface area contributed by atoms with Crippen LogP contribution < -0.4 is 5.73 Å². The Balaban J connectivity index is 2.46. The van der Waals surface area contributed by atoms with E-state index in [2.05, 4.69) is 13.8 Å². The summed E-state index contributed by atoms with van der Waals surface area (Å²) in [6.45, 7) is 6.40. The molecule has 1 fully saturated rings. The maximum atomic E-state index is 7.25. The van der Waals surface area contributed by atoms with E-state index in [4.69, 9.17) is 11.1 Å². The van der Waals surface area contributed by atoms with Crippen molar-refractivity contribution in [2.45, 2.75) is 20.3 Å². The number of hydrogen-bond donors (Lipinski definition) is 2. The summed E-state index contributed by atoms with van der Waals surface area (Å²) in [7, 11) is 0. The van der Waals surface area contributed by atoms with Crippen molar-refractivity contribution in [2.24, 2.45) is 17.6 Å². The van der Waals surface area contributed by atoms with Crippen molar-refractivity contribution < 1.29 is 0 Å². The van der Waals surface area contributed by atoms with Crippen LogP contribution in [0.15, 0.2) is 0 Å². The zero-order valence-corrected chi connectivity index (χ0v) is 7.30. The lowest BCUT2D eigenvalue weighted by Gasteiger charge is -2.35. The molecule has 1 aliphatic heterocycles. The second-order valence-electron chi connectivity index (χ2n) is 3.57. The van der Waals surface area contributed by atoms with Gasteiger partial charge in [0, 0.05) is 13.1 Å². The first-order valence-electron chi connectivity index (χ1n) is 4.20. The molecule has 1 heterocycles. The fraction of sp³-hybridized carbons (Fsp3) is 0.875. The molecule has 3 nitrogen and oxygen atoms in total. The minimum atomic E-state index is 0.226. The number of nitrogens with zero attached hydrogens (tertiary/aromatic N) is 1. The minimum Gasteiger partial charge on any atom is -0.370 e. The van der Waals surface area contributed by atoms with Crippen molar-refractivity contribution in [1.82, 2.24) is 4.90 Å². The molecule has 0 amide bonds. The molecule has 0 bridgehead atoms. The standard InChI is InChI=1S/C8H17N3/c1-6-3-4-11(8(9)10)5-7(6)2/h6-7H,3-5H2,1-2H3,(H3,9,10)/t6-,7+/m1/s1. The van der Waals surface area contributed by atoms with Crippen LogP contribution in [0.3, 0.4) is 0 Å². The monoisotopic (exact) mass is 155 g/mol. The topological polar surface area (TPSA) is 53.1 Å². The number of rotatable bonds is 0. The van der Waals surface area contributed by atoms with E-state index < -0.39 is 0 Å². The van der Waals surface area contributed by atoms with Crippen LogP contribution in [-0.2, 0) is 0 Å². The number of piperidine rings is 1. The molecular formula is C8H17N3. The Bertz CT molecular complexity index is 155. The number of guanidine groups is 1. The van der Waals surface area contributed by atoms with Crippen LogP contribution in [0.25, 0.3) is 0 Å². The van der Waals surface area contributed by atoms with Crippen LogP contribution >= 0.6 is 0 Å². The Morgan fingerprint density at radius 3 is 2.55 bits per heavy atom. The molecule has 0 aromatic carbocycles. The lowest BCUT2D eigenvalue weighted by Crippen LogP contribution is -2.45. The van der Waals surface area contributed by atoms with Gasteiger partial charge in [-0.3, -0.25) is 5.41 Å². The van der Waals surface area contributed by atoms with Crippen molar-refractivity contribution in [3.63, 3.8) is 0 Å². The highest BCUT2D eigenvalue weighted by atomic mass is 15.2. The van der Waals surface area contributed by atoms with Gasteiger partial charge in [0.25, 0.3) is 0 Å². The predicted octanol–water partition coefficient (Wildman–Crippen LogP) is 0.858. The van der Waals surface area contributed by atoms with E-state index in [-0.39, 0.29) is 5.96 Å². The lowest BCUT2D eigenvalue weighted by molar-refractivity contribution is 0.202. The van der Waals surface area contributed by atoms with Crippen LogP contribution in [0.1, 0.15) is 20.3 Å². The molecule has 0 spiro atoms. The summed E-state index contributed by atoms with van der Waals surface area (Å²) in [6, 6.07) is 0. The first-order chi connectivity index (χ1) is 5.11. The molecule has 1 rings (SSSR count). The first kappa shape index (κ1) is 8.37. The van der Waals surface area contributed by atoms with Gasteiger partial charge in [-0.25, -0.2) is 0 Å². The quantitative estimate of drug-likeness (QED) is 0.402. The van der Waals surface area contributed by atoms with Crippen LogP contribution in [0, 0.1) is 17.2 Å². The fourth-order valence-corrected chi connectivity index (χ4v) is 1.48. The minimum absolute atomic E-state index is 0.226. The van der Waals surface area contributed by atoms with E-state index in [9.17, 15) is 0 Å². The summed E-state index contributed by atoms with van der Waals surface area (Å²) in [5.74, 6) is 1.68. The average molecular weight is 155 g/mol. The molecule has 11 heavy (non-hydrogen) atoms. The van der Waals surface area contributed by atoms with Gasteiger partial charge < -0.3 is 10.6 Å². The van der Waals surface area contributed by atoms with E-state index in [1.54, 1.807) is 0 Å². The zero-order chi connectivity index (χ0) is 8.43. The second-order valence-corrected chi connectivity index (χ2v) is 3.57. The lowest BCUT2D eigenvalue weighted by atomic mass is 9.89. The summed E-state index contributed by atoms with van der Waals surface area (Å²) in [5.41, 5.74) is 5.38. The molecule has 0 unspecified atom stereocenters. The van der Waals surface area contributed by atoms with Gasteiger partial charge in [0.2, 0.25) is 0 Å². The van der Waals surface area contributed by atoms with Crippen LogP contribution in [0.5, 0.6) is 0 Å². The van der Waals surface area contributed by atoms with Crippen molar-refractivity contribution in [3.05, 3.63) is 0 Å². The van der Waals surface area contributed by atoms with Gasteiger partial charge in [0.1, 0.15) is 0 Å². The summed E-state index contributed by atoms with van der Waals surface area (Å²) >= 11 is 0. The molecular weight excluding hydrogens is 138 g/mol. The number of nitrogens with one attached hydrogen (secondary N) is 1. The van der Waals surface area contributed by atoms with Gasteiger partial charge >= 0.3 is 0 Å². The third-order valence-electron chi connectivity index (χ3n) is 2.67. The number of nitrogens with two attached hydrogens (primary N) is 1. The maximum absolute atomic E-state index is 7.25. The van der Waals surface area contributed by atoms with Crippen molar-refractivity contribution >= 4 is 5.96 Å². The van der Waals surface area contributed by atoms with Gasteiger partial charge in [-0.15, -0.1) is 0 Å². The predicted molar refractivity (Wildman–Crippen MR) is 46.4 cm³/mol. The number of likely N-dealkylation sites (tertiary alicyclic amines) is 1. The Morgan fingerprint density at radius 2 is 2.09 bits per heavy atom. The number of hydrogen-bond acceptors (Lipinski definition) is 1. The Labute approximate surface area is 68.1 Å². The second kappa shape index (κ2) is 3.11. The first-order valence-corrected chi connectivity index (χ1v) is 4.20. The fourth-order valence-electron chi connectivity index (χ4n) is 1.48. The van der Waals surface area contributed by atoms with E-state index in [0.29, 0.717) is 5.92 Å². The SMILES string of the molecule is C[C@@H]1CCN(C(=N)N)C[C@@H]1C. The summed E-state index contributed by atoms with van der Waals surface area (Å²) < 4.78 is 0. The van der Waals surface area contributed by atoms with E-state index in [1.807, 2.05) is 4.90 Å². The molecule has 64 valence electrons. The molecule has 0 aromatic heterocycles. The highest BCUT2D eigenvalue weighted by Gasteiger charge is 2.22. The largest absolute Gasteiger partial charge is 0.370 e. The van der Waals surface area contributed by atoms with Gasteiger partial charge in [-0.2, -0.15) is 0 Å². The maximum Gasteiger partial charge on any atom is 0.188 e. The molecule has 2 atom stereocenters. The Hall–Kier alpha value is -0.730. The summed E-state index contributed by atoms with van der Waals surface area (Å²) in [5, 5.41) is 7.25. The van der Waals surface area contributed by atoms with Crippen molar-refractivity contribution in [3.8, 4) is 0 Å². The van der Waals surface area contributed by atoms with E-state index in [1.165, 1.54) is 6.42 Å². The molecule has 0 aliphatic carbocycles. The molecule has 0 aromatic rings. The van der Waals surface area contributed by atoms with Gasteiger partial charge in [-0.1, -0.05) is 13.8 Å². The third kappa shape index (κ3) is 1.85. The highest BCUT2D eigenvalue weighted by molar-refractivity contribution is 5.74. The average Bonchev–Trinajstić information content (AvgIpc) is 1.94. The zero-order valence-electron chi connectivity index (χ0n) is 7.30. The smallest absolute Gasteiger partial charge is 0.188 e. The third-order valence-corrected chi connectivity index (χ3v) is 2.67. The highest BCUT2D eigenvalue weighted by Crippen LogP contribution is 2.21. The summed E-state index contributed by atoms with van der Waals surface area (Å²) in [4.78, 5) is 1.95. The molecule has 3 N–H and O–H groups in total. The van der Waals surface area contributed by atoms with Crippen LogP contribution in [0.2, 0.25) is 0 Å². The normalized spacial score (nSPS) is 32.0. The Morgan fingerprint density at radius 1 is 1.45 bits per heavy atom. The summed E-state index contributed by atoms with van der Waals surface area (Å²) in [6.07, 6.45) is 1.17. The van der Waals surface area contributed by atoms with Gasteiger partial charge in [0.05, 0.1) is 0 Å². The molecule has 0 radical (unpaired) electrons. The van der Waals surface area contributed by atoms with Crippen molar-refractivity contribution in [1.29, 1.82) is 5.41 Å². The molecule has 1 aliphatic rings. The molecule has 1 saturated heterocycles. The van der Waals surface area contributed by atoms with E-state index >= 15 is 0 Å². The van der Waals surface area contributed by atoms with Gasteiger partial charge in [-0.05, 0) is 18.3 Å². The van der Waals surface area contributed by atoms with Crippen LogP contribution in [0.4, 0.5) is 0 Å².